The van der Waals surface area contributed by atoms with E-state index >= 15 is 0 Å². The van der Waals surface area contributed by atoms with Gasteiger partial charge in [0.1, 0.15) is 5.75 Å². The van der Waals surface area contributed by atoms with Gasteiger partial charge in [0, 0.05) is 23.5 Å². The molecule has 0 N–H and O–H groups in total. The fourth-order valence-corrected chi connectivity index (χ4v) is 4.50. The van der Waals surface area contributed by atoms with Gasteiger partial charge in [0.25, 0.3) is 0 Å². The van der Waals surface area contributed by atoms with Crippen LogP contribution in [0.4, 0.5) is 0 Å². The van der Waals surface area contributed by atoms with E-state index in [-0.39, 0.29) is 0 Å². The number of hydrogen-bond donors (Lipinski definition) is 0. The molecule has 3 nitrogen and oxygen atoms in total. The lowest BCUT2D eigenvalue weighted by atomic mass is 9.98. The molecule has 0 aliphatic carbocycles. The predicted molar refractivity (Wildman–Crippen MR) is 158 cm³/mol. The maximum absolute atomic E-state index is 5.90. The van der Waals surface area contributed by atoms with Crippen LogP contribution in [0.25, 0.3) is 22.5 Å². The largest absolute Gasteiger partial charge is 0.494 e. The fraction of sp³-hybridized carbons (Fsp3) is 0.471. The van der Waals surface area contributed by atoms with Gasteiger partial charge >= 0.3 is 0 Å². The number of allylic oxidation sites excluding steroid dienone is 1. The Labute approximate surface area is 225 Å². The standard InChI is InChI=1S/C34H46N2O/c1-4-6-7-8-9-10-14-25-37-33-23-21-31(22-24-33)34-35-26-32(27-36-34)30-19-17-29(18-20-30)16-13-11-12-15-28(3)5-2/h4,17-24,26-28H,1,5-16,25H2,2-3H3/t28-/m0/s1. The molecule has 2 aromatic carbocycles. The molecule has 0 saturated heterocycles. The van der Waals surface area contributed by atoms with E-state index in [0.717, 1.165) is 60.1 Å². The lowest BCUT2D eigenvalue weighted by Crippen LogP contribution is -1.97. The van der Waals surface area contributed by atoms with E-state index in [4.69, 9.17) is 4.74 Å². The molecule has 1 aromatic heterocycles. The number of nitrogens with zero attached hydrogens (tertiary/aromatic N) is 2. The smallest absolute Gasteiger partial charge is 0.159 e. The Bertz CT molecular complexity index is 1010. The first-order valence-electron chi connectivity index (χ1n) is 14.4. The van der Waals surface area contributed by atoms with E-state index in [0.29, 0.717) is 0 Å². The van der Waals surface area contributed by atoms with Gasteiger partial charge in [0.2, 0.25) is 0 Å². The third-order valence-electron chi connectivity index (χ3n) is 7.23. The zero-order valence-corrected chi connectivity index (χ0v) is 23.1. The average molecular weight is 499 g/mol. The molecule has 3 rings (SSSR count). The van der Waals surface area contributed by atoms with E-state index < -0.39 is 0 Å². The van der Waals surface area contributed by atoms with Crippen LogP contribution in [0.2, 0.25) is 0 Å². The summed E-state index contributed by atoms with van der Waals surface area (Å²) in [7, 11) is 0. The molecule has 0 aliphatic heterocycles. The van der Waals surface area contributed by atoms with Crippen LogP contribution in [0, 0.1) is 5.92 Å². The molecular formula is C34H46N2O. The van der Waals surface area contributed by atoms with E-state index in [1.165, 1.54) is 63.4 Å². The Morgan fingerprint density at radius 1 is 0.757 bits per heavy atom. The van der Waals surface area contributed by atoms with E-state index in [1.807, 2.05) is 42.7 Å². The Hall–Kier alpha value is -2.94. The van der Waals surface area contributed by atoms with Crippen molar-refractivity contribution in [2.75, 3.05) is 6.61 Å². The second-order valence-electron chi connectivity index (χ2n) is 10.3. The lowest BCUT2D eigenvalue weighted by molar-refractivity contribution is 0.304. The van der Waals surface area contributed by atoms with Crippen molar-refractivity contribution in [3.63, 3.8) is 0 Å². The van der Waals surface area contributed by atoms with Gasteiger partial charge in [-0.2, -0.15) is 0 Å². The van der Waals surface area contributed by atoms with Crippen LogP contribution in [0.15, 0.2) is 73.6 Å². The van der Waals surface area contributed by atoms with Crippen molar-refractivity contribution >= 4 is 0 Å². The summed E-state index contributed by atoms with van der Waals surface area (Å²) < 4.78 is 5.90. The third-order valence-corrected chi connectivity index (χ3v) is 7.23. The van der Waals surface area contributed by atoms with Crippen LogP contribution in [0.5, 0.6) is 5.75 Å². The maximum Gasteiger partial charge on any atom is 0.159 e. The van der Waals surface area contributed by atoms with Crippen LogP contribution < -0.4 is 4.74 Å². The van der Waals surface area contributed by atoms with Gasteiger partial charge in [-0.25, -0.2) is 9.97 Å². The highest BCUT2D eigenvalue weighted by molar-refractivity contribution is 5.64. The van der Waals surface area contributed by atoms with Crippen molar-refractivity contribution in [1.29, 1.82) is 0 Å². The molecule has 3 heteroatoms. The van der Waals surface area contributed by atoms with Crippen LogP contribution in [0.1, 0.15) is 90.0 Å². The molecule has 1 atom stereocenters. The highest BCUT2D eigenvalue weighted by atomic mass is 16.5. The number of ether oxygens (including phenoxy) is 1. The summed E-state index contributed by atoms with van der Waals surface area (Å²) in [5.74, 6) is 2.51. The van der Waals surface area contributed by atoms with Gasteiger partial charge in [-0.05, 0) is 73.4 Å². The number of benzene rings is 2. The van der Waals surface area contributed by atoms with Crippen molar-refractivity contribution in [2.45, 2.75) is 90.9 Å². The maximum atomic E-state index is 5.90. The van der Waals surface area contributed by atoms with Gasteiger partial charge in [0.15, 0.2) is 5.82 Å². The molecular weight excluding hydrogens is 452 g/mol. The van der Waals surface area contributed by atoms with E-state index in [9.17, 15) is 0 Å². The summed E-state index contributed by atoms with van der Waals surface area (Å²) >= 11 is 0. The SMILES string of the molecule is C=CCCCCCCCOc1ccc(-c2ncc(-c3ccc(CCCCC[C@@H](C)CC)cc3)cn2)cc1. The monoisotopic (exact) mass is 498 g/mol. The van der Waals surface area contributed by atoms with Crippen molar-refractivity contribution < 1.29 is 4.74 Å². The van der Waals surface area contributed by atoms with E-state index in [2.05, 4.69) is 54.7 Å². The Kier molecular flexibility index (Phi) is 12.9. The van der Waals surface area contributed by atoms with Crippen molar-refractivity contribution in [1.82, 2.24) is 9.97 Å². The molecule has 3 aromatic rings. The predicted octanol–water partition coefficient (Wildman–Crippen LogP) is 9.86. The molecule has 0 aliphatic rings. The number of aromatic nitrogens is 2. The second-order valence-corrected chi connectivity index (χ2v) is 10.3. The van der Waals surface area contributed by atoms with Gasteiger partial charge in [0.05, 0.1) is 6.61 Å². The van der Waals surface area contributed by atoms with Gasteiger partial charge in [-0.1, -0.05) is 89.1 Å². The van der Waals surface area contributed by atoms with Gasteiger partial charge in [-0.15, -0.1) is 6.58 Å². The summed E-state index contributed by atoms with van der Waals surface area (Å²) in [6.45, 7) is 9.19. The summed E-state index contributed by atoms with van der Waals surface area (Å²) in [5.41, 5.74) is 4.63. The zero-order chi connectivity index (χ0) is 26.1. The van der Waals surface area contributed by atoms with Crippen LogP contribution >= 0.6 is 0 Å². The minimum atomic E-state index is 0.740. The summed E-state index contributed by atoms with van der Waals surface area (Å²) in [4.78, 5) is 9.26. The molecule has 198 valence electrons. The van der Waals surface area contributed by atoms with Crippen LogP contribution in [-0.2, 0) is 6.42 Å². The quantitative estimate of drug-likeness (QED) is 0.129. The van der Waals surface area contributed by atoms with Crippen molar-refractivity contribution in [2.24, 2.45) is 5.92 Å². The Balaban J connectivity index is 1.41. The van der Waals surface area contributed by atoms with Gasteiger partial charge in [-0.3, -0.25) is 0 Å². The Morgan fingerprint density at radius 2 is 1.41 bits per heavy atom. The van der Waals surface area contributed by atoms with Crippen molar-refractivity contribution in [3.05, 3.63) is 79.1 Å². The second kappa shape index (κ2) is 16.7. The molecule has 0 fully saturated rings. The first-order chi connectivity index (χ1) is 18.2. The lowest BCUT2D eigenvalue weighted by Gasteiger charge is -2.08. The number of aryl methyl sites for hydroxylation is 1. The summed E-state index contributed by atoms with van der Waals surface area (Å²) in [5, 5.41) is 0. The zero-order valence-electron chi connectivity index (χ0n) is 23.1. The molecule has 0 saturated carbocycles. The highest BCUT2D eigenvalue weighted by Crippen LogP contribution is 2.23. The molecule has 0 spiro atoms. The highest BCUT2D eigenvalue weighted by Gasteiger charge is 2.05. The molecule has 0 unspecified atom stereocenters. The summed E-state index contributed by atoms with van der Waals surface area (Å²) in [6.07, 6.45) is 20.9. The molecule has 0 radical (unpaired) electrons. The van der Waals surface area contributed by atoms with Crippen LogP contribution in [0.3, 0.4) is 0 Å². The molecule has 1 heterocycles. The molecule has 0 bridgehead atoms. The van der Waals surface area contributed by atoms with Crippen molar-refractivity contribution in [3.8, 4) is 28.3 Å². The normalized spacial score (nSPS) is 11.8. The minimum Gasteiger partial charge on any atom is -0.494 e. The first kappa shape index (κ1) is 28.6. The van der Waals surface area contributed by atoms with E-state index in [1.54, 1.807) is 0 Å². The molecule has 0 amide bonds. The third kappa shape index (κ3) is 10.5. The number of hydrogen-bond acceptors (Lipinski definition) is 3. The number of unbranched alkanes of at least 4 members (excludes halogenated alkanes) is 7. The summed E-state index contributed by atoms with van der Waals surface area (Å²) in [6, 6.07) is 17.0. The Morgan fingerprint density at radius 3 is 2.11 bits per heavy atom. The van der Waals surface area contributed by atoms with Gasteiger partial charge < -0.3 is 4.74 Å². The topological polar surface area (TPSA) is 35.0 Å². The average Bonchev–Trinajstić information content (AvgIpc) is 2.95. The van der Waals surface area contributed by atoms with Crippen LogP contribution in [-0.4, -0.2) is 16.6 Å². The minimum absolute atomic E-state index is 0.740. The first-order valence-corrected chi connectivity index (χ1v) is 14.4. The molecule has 37 heavy (non-hydrogen) atoms. The fourth-order valence-electron chi connectivity index (χ4n) is 4.50. The number of rotatable bonds is 18.